The van der Waals surface area contributed by atoms with Crippen molar-refractivity contribution in [1.82, 2.24) is 5.32 Å². The van der Waals surface area contributed by atoms with Gasteiger partial charge in [-0.15, -0.1) is 0 Å². The van der Waals surface area contributed by atoms with Gasteiger partial charge in [0.1, 0.15) is 24.4 Å². The lowest BCUT2D eigenvalue weighted by Gasteiger charge is -2.36. The Balaban J connectivity index is 1.44. The van der Waals surface area contributed by atoms with Crippen molar-refractivity contribution in [3.8, 4) is 0 Å². The van der Waals surface area contributed by atoms with E-state index in [1.165, 1.54) is 0 Å². The fourth-order valence-electron chi connectivity index (χ4n) is 4.07. The fourth-order valence-corrected chi connectivity index (χ4v) is 4.07. The first-order chi connectivity index (χ1) is 14.4. The van der Waals surface area contributed by atoms with Gasteiger partial charge in [0.15, 0.2) is 24.0 Å². The number of benzene rings is 1. The van der Waals surface area contributed by atoms with Gasteiger partial charge in [0.05, 0.1) is 0 Å². The van der Waals surface area contributed by atoms with E-state index in [1.54, 1.807) is 34.6 Å². The van der Waals surface area contributed by atoms with Gasteiger partial charge in [0, 0.05) is 5.69 Å². The second-order valence-corrected chi connectivity index (χ2v) is 9.18. The molecule has 0 saturated carbocycles. The van der Waals surface area contributed by atoms with Crippen LogP contribution in [0.1, 0.15) is 40.2 Å². The lowest BCUT2D eigenvalue weighted by atomic mass is 9.98. The van der Waals surface area contributed by atoms with Crippen molar-refractivity contribution in [2.24, 2.45) is 0 Å². The van der Waals surface area contributed by atoms with Crippen molar-refractivity contribution in [2.45, 2.75) is 89.9 Å². The maximum Gasteiger partial charge on any atom is 0.252 e. The highest BCUT2D eigenvalue weighted by atomic mass is 16.9. The van der Waals surface area contributed by atoms with Crippen LogP contribution >= 0.6 is 0 Å². The molecule has 0 bridgehead atoms. The topological polar surface area (TPSA) is 104 Å². The second-order valence-electron chi connectivity index (χ2n) is 9.18. The zero-order valence-electron chi connectivity index (χ0n) is 18.6. The number of amides is 2. The van der Waals surface area contributed by atoms with Crippen LogP contribution in [0.2, 0.25) is 0 Å². The molecule has 2 N–H and O–H groups in total. The molecule has 3 fully saturated rings. The van der Waals surface area contributed by atoms with Crippen LogP contribution in [0.15, 0.2) is 24.3 Å². The maximum atomic E-state index is 13.1. The highest BCUT2D eigenvalue weighted by Gasteiger charge is 2.62. The Labute approximate surface area is 181 Å². The molecule has 2 amide bonds. The quantitative estimate of drug-likeness (QED) is 0.745. The molecule has 3 aliphatic heterocycles. The maximum absolute atomic E-state index is 13.1. The number of hydrogen-bond donors (Lipinski definition) is 2. The van der Waals surface area contributed by atoms with Gasteiger partial charge in [0.25, 0.3) is 5.91 Å². The van der Waals surface area contributed by atoms with Gasteiger partial charge in [-0.2, -0.15) is 0 Å². The zero-order chi connectivity index (χ0) is 22.6. The van der Waals surface area contributed by atoms with Crippen molar-refractivity contribution in [1.29, 1.82) is 0 Å². The third-order valence-corrected chi connectivity index (χ3v) is 5.48. The first-order valence-electron chi connectivity index (χ1n) is 10.5. The molecule has 0 radical (unpaired) electrons. The Morgan fingerprint density at radius 2 is 1.48 bits per heavy atom. The normalized spacial score (nSPS) is 33.8. The summed E-state index contributed by atoms with van der Waals surface area (Å²) >= 11 is 0. The van der Waals surface area contributed by atoms with Gasteiger partial charge in [-0.3, -0.25) is 9.59 Å². The van der Waals surface area contributed by atoms with E-state index in [4.69, 9.17) is 23.7 Å². The number of ether oxygens (including phenoxy) is 5. The van der Waals surface area contributed by atoms with Crippen molar-refractivity contribution in [3.63, 3.8) is 0 Å². The van der Waals surface area contributed by atoms with Crippen molar-refractivity contribution < 1.29 is 33.3 Å². The van der Waals surface area contributed by atoms with Crippen molar-refractivity contribution >= 4 is 17.5 Å². The highest BCUT2D eigenvalue weighted by molar-refractivity contribution is 5.97. The van der Waals surface area contributed by atoms with E-state index in [0.717, 1.165) is 5.56 Å². The van der Waals surface area contributed by atoms with E-state index >= 15 is 0 Å². The van der Waals surface area contributed by atoms with Crippen LogP contribution in [-0.2, 0) is 33.3 Å². The van der Waals surface area contributed by atoms with Gasteiger partial charge < -0.3 is 34.3 Å². The largest absolute Gasteiger partial charge is 0.342 e. The van der Waals surface area contributed by atoms with Crippen molar-refractivity contribution in [2.75, 3.05) is 5.32 Å². The number of aryl methyl sites for hydroxylation is 1. The Kier molecular flexibility index (Phi) is 5.60. The molecule has 1 aromatic carbocycles. The van der Waals surface area contributed by atoms with E-state index in [0.29, 0.717) is 5.69 Å². The SMILES string of the molecule is Cc1ccc(NC(=O)C(C)NC(=O)C2O[C@@H]3OC(C)(C)O[C@@H]3[C@H]3OC(C)(C)O[C@@H]23)cc1. The van der Waals surface area contributed by atoms with E-state index in [9.17, 15) is 9.59 Å². The van der Waals surface area contributed by atoms with Gasteiger partial charge in [-0.25, -0.2) is 0 Å². The van der Waals surface area contributed by atoms with Crippen LogP contribution in [0.5, 0.6) is 0 Å². The molecule has 0 spiro atoms. The minimum Gasteiger partial charge on any atom is -0.342 e. The first-order valence-corrected chi connectivity index (χ1v) is 10.5. The van der Waals surface area contributed by atoms with Gasteiger partial charge in [-0.1, -0.05) is 17.7 Å². The smallest absolute Gasteiger partial charge is 0.252 e. The van der Waals surface area contributed by atoms with Gasteiger partial charge in [0.2, 0.25) is 5.91 Å². The summed E-state index contributed by atoms with van der Waals surface area (Å²) in [6, 6.07) is 6.62. The number of rotatable bonds is 4. The number of hydrogen-bond acceptors (Lipinski definition) is 7. The molecule has 170 valence electrons. The predicted molar refractivity (Wildman–Crippen MR) is 110 cm³/mol. The van der Waals surface area contributed by atoms with Crippen molar-refractivity contribution in [3.05, 3.63) is 29.8 Å². The standard InChI is InChI=1S/C22H30N2O7/c1-11-7-9-13(10-8-11)24-18(25)12(2)23-19(26)16-14-15(29-21(3,4)28-14)17-20(27-16)31-22(5,6)30-17/h7-10,12,14-17,20H,1-6H3,(H,23,26)(H,24,25)/t12?,14-,15+,16?,17-,20-/m1/s1. The summed E-state index contributed by atoms with van der Waals surface area (Å²) in [6.45, 7) is 10.7. The molecule has 2 unspecified atom stereocenters. The molecule has 0 aromatic heterocycles. The average molecular weight is 434 g/mol. The van der Waals surface area contributed by atoms with Gasteiger partial charge >= 0.3 is 0 Å². The fraction of sp³-hybridized carbons (Fsp3) is 0.636. The molecule has 3 heterocycles. The molecule has 3 saturated heterocycles. The van der Waals surface area contributed by atoms with E-state index in [2.05, 4.69) is 10.6 Å². The summed E-state index contributed by atoms with van der Waals surface area (Å²) in [6.07, 6.45) is -3.54. The summed E-state index contributed by atoms with van der Waals surface area (Å²) in [5.41, 5.74) is 1.74. The number of fused-ring (bicyclic) bond motifs is 3. The summed E-state index contributed by atoms with van der Waals surface area (Å²) in [5.74, 6) is -2.60. The second kappa shape index (κ2) is 7.83. The monoisotopic (exact) mass is 434 g/mol. The zero-order valence-corrected chi connectivity index (χ0v) is 18.6. The number of carbonyl (C=O) groups is 2. The summed E-state index contributed by atoms with van der Waals surface area (Å²) < 4.78 is 29.7. The predicted octanol–water partition coefficient (Wildman–Crippen LogP) is 1.83. The minimum absolute atomic E-state index is 0.340. The van der Waals surface area contributed by atoms with Crippen LogP contribution in [0.4, 0.5) is 5.69 Å². The third kappa shape index (κ3) is 4.61. The lowest BCUT2D eigenvalue weighted by Crippen LogP contribution is -2.60. The van der Waals surface area contributed by atoms with Crippen LogP contribution < -0.4 is 10.6 Å². The van der Waals surface area contributed by atoms with E-state index in [1.807, 2.05) is 31.2 Å². The summed E-state index contributed by atoms with van der Waals surface area (Å²) in [7, 11) is 0. The first kappa shape index (κ1) is 22.2. The molecule has 1 aromatic rings. The Morgan fingerprint density at radius 3 is 2.16 bits per heavy atom. The molecule has 9 heteroatoms. The summed E-state index contributed by atoms with van der Waals surface area (Å²) in [4.78, 5) is 25.6. The number of anilines is 1. The van der Waals surface area contributed by atoms with Crippen LogP contribution in [0.25, 0.3) is 0 Å². The summed E-state index contributed by atoms with van der Waals surface area (Å²) in [5, 5.41) is 5.50. The minimum atomic E-state index is -1.01. The Morgan fingerprint density at radius 1 is 0.903 bits per heavy atom. The van der Waals surface area contributed by atoms with E-state index < -0.39 is 54.2 Å². The Bertz CT molecular complexity index is 854. The molecular formula is C22H30N2O7. The third-order valence-electron chi connectivity index (χ3n) is 5.48. The molecule has 4 rings (SSSR count). The van der Waals surface area contributed by atoms with Crippen LogP contribution in [0.3, 0.4) is 0 Å². The molecule has 31 heavy (non-hydrogen) atoms. The van der Waals surface area contributed by atoms with E-state index in [-0.39, 0.29) is 5.91 Å². The molecule has 0 aliphatic carbocycles. The van der Waals surface area contributed by atoms with Crippen LogP contribution in [0, 0.1) is 6.92 Å². The molecular weight excluding hydrogens is 404 g/mol. The number of nitrogens with one attached hydrogen (secondary N) is 2. The lowest BCUT2D eigenvalue weighted by molar-refractivity contribution is -0.231. The molecule has 9 nitrogen and oxygen atoms in total. The molecule has 3 aliphatic rings. The average Bonchev–Trinajstić information content (AvgIpc) is 3.16. The Hall–Kier alpha value is -2.04. The number of carbonyl (C=O) groups excluding carboxylic acids is 2. The van der Waals surface area contributed by atoms with Gasteiger partial charge in [-0.05, 0) is 53.7 Å². The highest BCUT2D eigenvalue weighted by Crippen LogP contribution is 2.44. The van der Waals surface area contributed by atoms with Crippen LogP contribution in [-0.4, -0.2) is 60.1 Å². The molecule has 6 atom stereocenters.